The monoisotopic (exact) mass is 442 g/mol. The summed E-state index contributed by atoms with van der Waals surface area (Å²) in [7, 11) is 0. The Bertz CT molecular complexity index is 1050. The number of hydrogen-bond acceptors (Lipinski definition) is 6. The number of halogens is 2. The van der Waals surface area contributed by atoms with Gasteiger partial charge in [-0.3, -0.25) is 4.79 Å². The largest absolute Gasteiger partial charge is 0.484 e. The summed E-state index contributed by atoms with van der Waals surface area (Å²) >= 11 is 5.77. The fourth-order valence-corrected chi connectivity index (χ4v) is 3.33. The molecule has 9 heteroatoms. The Labute approximate surface area is 184 Å². The van der Waals surface area contributed by atoms with Gasteiger partial charge in [-0.1, -0.05) is 29.8 Å². The van der Waals surface area contributed by atoms with Gasteiger partial charge in [0.15, 0.2) is 18.2 Å². The highest BCUT2D eigenvalue weighted by Gasteiger charge is 2.22. The number of nitrogens with zero attached hydrogens (tertiary/aromatic N) is 4. The second-order valence-electron chi connectivity index (χ2n) is 6.86. The molecule has 0 unspecified atom stereocenters. The van der Waals surface area contributed by atoms with Crippen molar-refractivity contribution in [1.82, 2.24) is 14.9 Å². The zero-order valence-corrected chi connectivity index (χ0v) is 17.3. The van der Waals surface area contributed by atoms with E-state index in [1.54, 1.807) is 17.0 Å². The number of amides is 1. The number of hydrogen-bond donors (Lipinski definition) is 0. The van der Waals surface area contributed by atoms with Crippen molar-refractivity contribution in [3.8, 4) is 17.4 Å². The normalized spacial score (nSPS) is 13.7. The number of ether oxygens (including phenoxy) is 2. The predicted octanol–water partition coefficient (Wildman–Crippen LogP) is 3.79. The molecule has 1 aliphatic rings. The number of piperazine rings is 1. The lowest BCUT2D eigenvalue weighted by Crippen LogP contribution is -2.50. The molecule has 0 N–H and O–H groups in total. The minimum atomic E-state index is -0.572. The standard InChI is InChI=1S/C22H20ClFN4O3/c23-16-6-7-19(18(24)12-16)31-21-13-20(25-15-26-21)27-8-10-28(11-9-27)22(29)14-30-17-4-2-1-3-5-17/h1-7,12-13,15H,8-11,14H2. The van der Waals surface area contributed by atoms with Crippen LogP contribution in [0.15, 0.2) is 60.9 Å². The number of anilines is 1. The fourth-order valence-electron chi connectivity index (χ4n) is 3.17. The molecule has 0 saturated carbocycles. The second kappa shape index (κ2) is 9.61. The van der Waals surface area contributed by atoms with Gasteiger partial charge in [0, 0.05) is 37.3 Å². The van der Waals surface area contributed by atoms with Crippen LogP contribution in [0.4, 0.5) is 10.2 Å². The molecule has 0 spiro atoms. The van der Waals surface area contributed by atoms with E-state index in [-0.39, 0.29) is 29.2 Å². The van der Waals surface area contributed by atoms with Crippen LogP contribution < -0.4 is 14.4 Å². The van der Waals surface area contributed by atoms with Crippen molar-refractivity contribution in [2.24, 2.45) is 0 Å². The molecule has 2 aromatic carbocycles. The van der Waals surface area contributed by atoms with Gasteiger partial charge in [0.25, 0.3) is 5.91 Å². The van der Waals surface area contributed by atoms with E-state index in [9.17, 15) is 9.18 Å². The minimum Gasteiger partial charge on any atom is -0.484 e. The average molecular weight is 443 g/mol. The summed E-state index contributed by atoms with van der Waals surface area (Å²) in [6.07, 6.45) is 1.36. The van der Waals surface area contributed by atoms with E-state index >= 15 is 0 Å². The van der Waals surface area contributed by atoms with Crippen molar-refractivity contribution in [3.05, 3.63) is 71.8 Å². The Morgan fingerprint density at radius 1 is 1.03 bits per heavy atom. The summed E-state index contributed by atoms with van der Waals surface area (Å²) in [5.74, 6) is 0.932. The maximum absolute atomic E-state index is 14.0. The molecule has 1 fully saturated rings. The Balaban J connectivity index is 1.32. The third-order valence-corrected chi connectivity index (χ3v) is 5.03. The molecule has 1 amide bonds. The smallest absolute Gasteiger partial charge is 0.260 e. The fraction of sp³-hybridized carbons (Fsp3) is 0.227. The van der Waals surface area contributed by atoms with Gasteiger partial charge in [-0.05, 0) is 30.3 Å². The van der Waals surface area contributed by atoms with Crippen molar-refractivity contribution < 1.29 is 18.7 Å². The van der Waals surface area contributed by atoms with Crippen LogP contribution in [0.1, 0.15) is 0 Å². The van der Waals surface area contributed by atoms with Crippen LogP contribution in [0.25, 0.3) is 0 Å². The zero-order valence-electron chi connectivity index (χ0n) is 16.6. The van der Waals surface area contributed by atoms with Crippen LogP contribution in [0.5, 0.6) is 17.4 Å². The first-order valence-electron chi connectivity index (χ1n) is 9.74. The number of rotatable bonds is 6. The molecule has 2 heterocycles. The van der Waals surface area contributed by atoms with Gasteiger partial charge in [-0.15, -0.1) is 0 Å². The second-order valence-corrected chi connectivity index (χ2v) is 7.30. The molecular weight excluding hydrogens is 423 g/mol. The highest BCUT2D eigenvalue weighted by molar-refractivity contribution is 6.30. The third kappa shape index (κ3) is 5.40. The van der Waals surface area contributed by atoms with Crippen molar-refractivity contribution >= 4 is 23.3 Å². The topological polar surface area (TPSA) is 67.8 Å². The maximum atomic E-state index is 14.0. The summed E-state index contributed by atoms with van der Waals surface area (Å²) in [6.45, 7) is 2.29. The summed E-state index contributed by atoms with van der Waals surface area (Å²) in [5, 5.41) is 0.287. The average Bonchev–Trinajstić information content (AvgIpc) is 2.80. The van der Waals surface area contributed by atoms with E-state index in [1.165, 1.54) is 18.5 Å². The van der Waals surface area contributed by atoms with Crippen LogP contribution in [0.2, 0.25) is 5.02 Å². The van der Waals surface area contributed by atoms with E-state index < -0.39 is 5.82 Å². The van der Waals surface area contributed by atoms with Gasteiger partial charge in [-0.2, -0.15) is 0 Å². The van der Waals surface area contributed by atoms with Gasteiger partial charge in [0.1, 0.15) is 17.9 Å². The zero-order chi connectivity index (χ0) is 21.6. The number of aromatic nitrogens is 2. The summed E-state index contributed by atoms with van der Waals surface area (Å²) in [6, 6.07) is 15.1. The quantitative estimate of drug-likeness (QED) is 0.578. The first-order valence-corrected chi connectivity index (χ1v) is 10.1. The van der Waals surface area contributed by atoms with Crippen molar-refractivity contribution in [1.29, 1.82) is 0 Å². The van der Waals surface area contributed by atoms with Crippen molar-refractivity contribution in [2.45, 2.75) is 0 Å². The molecule has 1 saturated heterocycles. The Morgan fingerprint density at radius 3 is 2.55 bits per heavy atom. The van der Waals surface area contributed by atoms with Crippen LogP contribution >= 0.6 is 11.6 Å². The summed E-state index contributed by atoms with van der Waals surface area (Å²) < 4.78 is 25.0. The van der Waals surface area contributed by atoms with E-state index in [1.807, 2.05) is 35.2 Å². The SMILES string of the molecule is O=C(COc1ccccc1)N1CCN(c2cc(Oc3ccc(Cl)cc3F)ncn2)CC1. The van der Waals surface area contributed by atoms with Crippen molar-refractivity contribution in [2.75, 3.05) is 37.7 Å². The molecule has 1 aromatic heterocycles. The molecular formula is C22H20ClFN4O3. The lowest BCUT2D eigenvalue weighted by atomic mass is 10.3. The highest BCUT2D eigenvalue weighted by atomic mass is 35.5. The van der Waals surface area contributed by atoms with Crippen molar-refractivity contribution in [3.63, 3.8) is 0 Å². The maximum Gasteiger partial charge on any atom is 0.260 e. The first kappa shape index (κ1) is 20.9. The molecule has 0 bridgehead atoms. The Hall–Kier alpha value is -3.39. The van der Waals surface area contributed by atoms with E-state index in [0.717, 1.165) is 0 Å². The van der Waals surface area contributed by atoms with Gasteiger partial charge < -0.3 is 19.3 Å². The summed E-state index contributed by atoms with van der Waals surface area (Å²) in [4.78, 5) is 24.5. The van der Waals surface area contributed by atoms with E-state index in [4.69, 9.17) is 21.1 Å². The van der Waals surface area contributed by atoms with Crippen LogP contribution in [0.3, 0.4) is 0 Å². The lowest BCUT2D eigenvalue weighted by Gasteiger charge is -2.35. The van der Waals surface area contributed by atoms with E-state index in [0.29, 0.717) is 37.7 Å². The molecule has 3 aromatic rings. The number of carbonyl (C=O) groups is 1. The molecule has 1 aliphatic heterocycles. The molecule has 7 nitrogen and oxygen atoms in total. The Morgan fingerprint density at radius 2 is 1.81 bits per heavy atom. The van der Waals surface area contributed by atoms with Gasteiger partial charge in [-0.25, -0.2) is 14.4 Å². The van der Waals surface area contributed by atoms with Gasteiger partial charge in [0.05, 0.1) is 0 Å². The van der Waals surface area contributed by atoms with Crippen LogP contribution in [-0.4, -0.2) is 53.6 Å². The first-order chi connectivity index (χ1) is 15.1. The third-order valence-electron chi connectivity index (χ3n) is 4.80. The van der Waals surface area contributed by atoms with Crippen LogP contribution in [-0.2, 0) is 4.79 Å². The molecule has 160 valence electrons. The molecule has 0 atom stereocenters. The molecule has 0 aliphatic carbocycles. The molecule has 0 radical (unpaired) electrons. The lowest BCUT2D eigenvalue weighted by molar-refractivity contribution is -0.133. The number of para-hydroxylation sites is 1. The predicted molar refractivity (Wildman–Crippen MR) is 114 cm³/mol. The number of carbonyl (C=O) groups excluding carboxylic acids is 1. The highest BCUT2D eigenvalue weighted by Crippen LogP contribution is 2.27. The van der Waals surface area contributed by atoms with Crippen LogP contribution in [0, 0.1) is 5.82 Å². The summed E-state index contributed by atoms with van der Waals surface area (Å²) in [5.41, 5.74) is 0. The number of benzene rings is 2. The minimum absolute atomic E-state index is 0.00215. The molecule has 4 rings (SSSR count). The molecule has 31 heavy (non-hydrogen) atoms. The van der Waals surface area contributed by atoms with Gasteiger partial charge >= 0.3 is 0 Å². The Kier molecular flexibility index (Phi) is 6.47. The van der Waals surface area contributed by atoms with E-state index in [2.05, 4.69) is 9.97 Å². The van der Waals surface area contributed by atoms with Gasteiger partial charge in [0.2, 0.25) is 5.88 Å².